The van der Waals surface area contributed by atoms with E-state index in [0.717, 1.165) is 0 Å². The number of rotatable bonds is 4. The van der Waals surface area contributed by atoms with Crippen LogP contribution in [0.25, 0.3) is 0 Å². The summed E-state index contributed by atoms with van der Waals surface area (Å²) >= 11 is 5.69. The fourth-order valence-corrected chi connectivity index (χ4v) is 2.58. The summed E-state index contributed by atoms with van der Waals surface area (Å²) in [7, 11) is -3.48. The molecule has 0 saturated heterocycles. The molecule has 0 heterocycles. The van der Waals surface area contributed by atoms with E-state index in [2.05, 4.69) is 0 Å². The van der Waals surface area contributed by atoms with Crippen LogP contribution >= 0.6 is 11.6 Å². The van der Waals surface area contributed by atoms with Gasteiger partial charge in [0.05, 0.1) is 5.75 Å². The zero-order valence-electron chi connectivity index (χ0n) is 7.81. The number of sulfone groups is 1. The largest absolute Gasteiger partial charge is 0.369 e. The Hall–Kier alpha value is -1.07. The first-order valence-electron chi connectivity index (χ1n) is 4.12. The molecule has 0 aliphatic rings. The van der Waals surface area contributed by atoms with E-state index < -0.39 is 21.5 Å². The molecular weight excluding hydrogens is 238 g/mol. The summed E-state index contributed by atoms with van der Waals surface area (Å²) in [5.74, 6) is -1.72. The normalized spacial score (nSPS) is 11.3. The van der Waals surface area contributed by atoms with Gasteiger partial charge in [0.2, 0.25) is 5.91 Å². The third-order valence-electron chi connectivity index (χ3n) is 1.64. The molecule has 15 heavy (non-hydrogen) atoms. The molecule has 0 bridgehead atoms. The first-order chi connectivity index (χ1) is 6.89. The molecule has 0 aliphatic heterocycles. The number of primary amides is 1. The molecule has 1 amide bonds. The minimum Gasteiger partial charge on any atom is -0.369 e. The molecule has 0 atom stereocenters. The topological polar surface area (TPSA) is 77.2 Å². The van der Waals surface area contributed by atoms with E-state index in [4.69, 9.17) is 17.3 Å². The summed E-state index contributed by atoms with van der Waals surface area (Å²) in [5, 5.41) is 0.460. The van der Waals surface area contributed by atoms with Crippen LogP contribution in [0.4, 0.5) is 0 Å². The van der Waals surface area contributed by atoms with Gasteiger partial charge in [-0.25, -0.2) is 8.42 Å². The highest BCUT2D eigenvalue weighted by Gasteiger charge is 2.15. The van der Waals surface area contributed by atoms with Gasteiger partial charge >= 0.3 is 0 Å². The highest BCUT2D eigenvalue weighted by molar-refractivity contribution is 7.91. The van der Waals surface area contributed by atoms with Crippen LogP contribution in [-0.2, 0) is 20.4 Å². The van der Waals surface area contributed by atoms with Crippen LogP contribution in [0.2, 0.25) is 5.02 Å². The molecule has 0 unspecified atom stereocenters. The van der Waals surface area contributed by atoms with E-state index in [9.17, 15) is 13.2 Å². The second-order valence-corrected chi connectivity index (χ2v) is 5.63. The highest BCUT2D eigenvalue weighted by Crippen LogP contribution is 2.13. The Labute approximate surface area is 93.0 Å². The second kappa shape index (κ2) is 4.63. The number of hydrogen-bond donors (Lipinski definition) is 1. The minimum absolute atomic E-state index is 0.226. The van der Waals surface area contributed by atoms with Crippen molar-refractivity contribution in [2.45, 2.75) is 5.75 Å². The first kappa shape index (κ1) is 12.0. The van der Waals surface area contributed by atoms with E-state index >= 15 is 0 Å². The molecule has 0 radical (unpaired) electrons. The lowest BCUT2D eigenvalue weighted by Gasteiger charge is -2.02. The summed E-state index contributed by atoms with van der Waals surface area (Å²) in [5.41, 5.74) is 5.36. The zero-order chi connectivity index (χ0) is 11.5. The molecule has 0 aromatic heterocycles. The predicted molar refractivity (Wildman–Crippen MR) is 58.1 cm³/mol. The first-order valence-corrected chi connectivity index (χ1v) is 6.32. The second-order valence-electron chi connectivity index (χ2n) is 3.13. The van der Waals surface area contributed by atoms with Gasteiger partial charge in [0.25, 0.3) is 0 Å². The van der Waals surface area contributed by atoms with Crippen molar-refractivity contribution in [3.05, 3.63) is 34.9 Å². The number of carbonyl (C=O) groups excluding carboxylic acids is 1. The van der Waals surface area contributed by atoms with E-state index in [1.807, 2.05) is 0 Å². The van der Waals surface area contributed by atoms with Crippen molar-refractivity contribution in [2.75, 3.05) is 5.75 Å². The SMILES string of the molecule is NC(=O)CS(=O)(=O)Cc1cccc(Cl)c1. The smallest absolute Gasteiger partial charge is 0.232 e. The quantitative estimate of drug-likeness (QED) is 0.853. The Kier molecular flexibility index (Phi) is 3.71. The fraction of sp³-hybridized carbons (Fsp3) is 0.222. The van der Waals surface area contributed by atoms with Gasteiger partial charge in [-0.1, -0.05) is 23.7 Å². The van der Waals surface area contributed by atoms with Crippen molar-refractivity contribution >= 4 is 27.3 Å². The van der Waals surface area contributed by atoms with Crippen molar-refractivity contribution in [3.8, 4) is 0 Å². The molecule has 4 nitrogen and oxygen atoms in total. The van der Waals surface area contributed by atoms with Gasteiger partial charge in [-0.3, -0.25) is 4.79 Å². The molecule has 0 saturated carbocycles. The van der Waals surface area contributed by atoms with Crippen LogP contribution < -0.4 is 5.73 Å². The van der Waals surface area contributed by atoms with Gasteiger partial charge in [-0.15, -0.1) is 0 Å². The Morgan fingerprint density at radius 1 is 1.40 bits per heavy atom. The average Bonchev–Trinajstić information content (AvgIpc) is 1.99. The van der Waals surface area contributed by atoms with E-state index in [1.54, 1.807) is 24.3 Å². The Bertz CT molecular complexity index is 470. The van der Waals surface area contributed by atoms with Crippen molar-refractivity contribution in [1.82, 2.24) is 0 Å². The van der Waals surface area contributed by atoms with E-state index in [1.165, 1.54) is 0 Å². The maximum Gasteiger partial charge on any atom is 0.232 e. The molecule has 6 heteroatoms. The Morgan fingerprint density at radius 3 is 2.60 bits per heavy atom. The van der Waals surface area contributed by atoms with Gasteiger partial charge in [-0.2, -0.15) is 0 Å². The summed E-state index contributed by atoms with van der Waals surface area (Å²) in [4.78, 5) is 10.5. The van der Waals surface area contributed by atoms with Crippen molar-refractivity contribution in [2.24, 2.45) is 5.73 Å². The lowest BCUT2D eigenvalue weighted by Crippen LogP contribution is -2.24. The fourth-order valence-electron chi connectivity index (χ4n) is 1.15. The molecule has 0 spiro atoms. The van der Waals surface area contributed by atoms with Crippen molar-refractivity contribution in [1.29, 1.82) is 0 Å². The minimum atomic E-state index is -3.48. The summed E-state index contributed by atoms with van der Waals surface area (Å²) in [6, 6.07) is 6.47. The number of benzene rings is 1. The maximum absolute atomic E-state index is 11.4. The third-order valence-corrected chi connectivity index (χ3v) is 3.37. The number of amides is 1. The highest BCUT2D eigenvalue weighted by atomic mass is 35.5. The lowest BCUT2D eigenvalue weighted by molar-refractivity contribution is -0.115. The lowest BCUT2D eigenvalue weighted by atomic mass is 10.2. The molecule has 1 rings (SSSR count). The predicted octanol–water partition coefficient (Wildman–Crippen LogP) is 0.740. The summed E-state index contributed by atoms with van der Waals surface area (Å²) in [6.45, 7) is 0. The number of hydrogen-bond acceptors (Lipinski definition) is 3. The molecule has 0 aliphatic carbocycles. The summed E-state index contributed by atoms with van der Waals surface area (Å²) in [6.07, 6.45) is 0. The van der Waals surface area contributed by atoms with Gasteiger partial charge in [0.1, 0.15) is 5.75 Å². The molecule has 82 valence electrons. The van der Waals surface area contributed by atoms with Crippen LogP contribution in [0.3, 0.4) is 0 Å². The van der Waals surface area contributed by atoms with Crippen molar-refractivity contribution < 1.29 is 13.2 Å². The molecular formula is C9H10ClNO3S. The number of carbonyl (C=O) groups is 1. The average molecular weight is 248 g/mol. The molecule has 1 aromatic rings. The van der Waals surface area contributed by atoms with Crippen molar-refractivity contribution in [3.63, 3.8) is 0 Å². The van der Waals surface area contributed by atoms with Gasteiger partial charge < -0.3 is 5.73 Å². The van der Waals surface area contributed by atoms with E-state index in [-0.39, 0.29) is 5.75 Å². The molecule has 0 fully saturated rings. The standard InChI is InChI=1S/C9H10ClNO3S/c10-8-3-1-2-7(4-8)5-15(13,14)6-9(11)12/h1-4H,5-6H2,(H2,11,12). The zero-order valence-corrected chi connectivity index (χ0v) is 9.38. The third kappa shape index (κ3) is 4.31. The van der Waals surface area contributed by atoms with Crippen LogP contribution in [0.5, 0.6) is 0 Å². The molecule has 1 aromatic carbocycles. The number of halogens is 1. The van der Waals surface area contributed by atoms with Gasteiger partial charge in [-0.05, 0) is 17.7 Å². The Morgan fingerprint density at radius 2 is 2.07 bits per heavy atom. The maximum atomic E-state index is 11.4. The van der Waals surface area contributed by atoms with Crippen LogP contribution in [0.1, 0.15) is 5.56 Å². The Balaban J connectivity index is 2.82. The van der Waals surface area contributed by atoms with Gasteiger partial charge in [0.15, 0.2) is 9.84 Å². The van der Waals surface area contributed by atoms with Crippen LogP contribution in [0, 0.1) is 0 Å². The van der Waals surface area contributed by atoms with Gasteiger partial charge in [0, 0.05) is 5.02 Å². The van der Waals surface area contributed by atoms with Crippen LogP contribution in [-0.4, -0.2) is 20.1 Å². The number of nitrogens with two attached hydrogens (primary N) is 1. The van der Waals surface area contributed by atoms with Crippen LogP contribution in [0.15, 0.2) is 24.3 Å². The summed E-state index contributed by atoms with van der Waals surface area (Å²) < 4.78 is 22.8. The van der Waals surface area contributed by atoms with E-state index in [0.29, 0.717) is 10.6 Å². The molecule has 2 N–H and O–H groups in total. The monoisotopic (exact) mass is 247 g/mol.